The largest absolute Gasteiger partial charge is 0.468 e. The molecule has 0 aliphatic heterocycles. The van der Waals surface area contributed by atoms with Crippen LogP contribution in [-0.2, 0) is 9.53 Å². The number of aromatic nitrogens is 1. The minimum atomic E-state index is 0.178. The lowest BCUT2D eigenvalue weighted by Gasteiger charge is -2.12. The minimum Gasteiger partial charge on any atom is -0.468 e. The van der Waals surface area contributed by atoms with E-state index in [2.05, 4.69) is 10.2 Å². The number of anilines is 1. The average Bonchev–Trinajstić information content (AvgIpc) is 3.08. The number of carbonyl (C=O) groups excluding carboxylic acids is 1. The van der Waals surface area contributed by atoms with Crippen LogP contribution in [0.15, 0.2) is 41.6 Å². The van der Waals surface area contributed by atoms with Crippen LogP contribution < -0.4 is 9.64 Å². The van der Waals surface area contributed by atoms with Gasteiger partial charge in [0.1, 0.15) is 16.4 Å². The Morgan fingerprint density at radius 2 is 2.12 bits per heavy atom. The Morgan fingerprint density at radius 1 is 1.28 bits per heavy atom. The van der Waals surface area contributed by atoms with Crippen molar-refractivity contribution in [3.8, 4) is 16.3 Å². The summed E-state index contributed by atoms with van der Waals surface area (Å²) in [6.45, 7) is 0.178. The van der Waals surface area contributed by atoms with Crippen LogP contribution >= 0.6 is 11.3 Å². The molecule has 0 aliphatic carbocycles. The molecule has 0 saturated heterocycles. The Bertz CT molecular complexity index is 925. The maximum atomic E-state index is 11.1. The van der Waals surface area contributed by atoms with Gasteiger partial charge in [-0.25, -0.2) is 4.98 Å². The van der Waals surface area contributed by atoms with Crippen molar-refractivity contribution in [3.63, 3.8) is 0 Å². The second-order valence-corrected chi connectivity index (χ2v) is 6.24. The van der Waals surface area contributed by atoms with E-state index in [1.807, 2.05) is 24.3 Å². The Morgan fingerprint density at radius 3 is 2.84 bits per heavy atom. The molecule has 128 valence electrons. The van der Waals surface area contributed by atoms with Gasteiger partial charge in [0.25, 0.3) is 0 Å². The van der Waals surface area contributed by atoms with Crippen LogP contribution in [-0.4, -0.2) is 32.3 Å². The predicted molar refractivity (Wildman–Crippen MR) is 97.5 cm³/mol. The molecule has 1 aromatic heterocycles. The number of methoxy groups -OCH3 is 1. The van der Waals surface area contributed by atoms with E-state index in [9.17, 15) is 9.70 Å². The van der Waals surface area contributed by atoms with Crippen molar-refractivity contribution >= 4 is 39.3 Å². The van der Waals surface area contributed by atoms with Crippen LogP contribution in [0.5, 0.6) is 5.75 Å². The highest BCUT2D eigenvalue weighted by atomic mass is 32.1. The zero-order chi connectivity index (χ0) is 17.8. The van der Waals surface area contributed by atoms with Crippen molar-refractivity contribution < 1.29 is 14.3 Å². The Labute approximate surface area is 147 Å². The van der Waals surface area contributed by atoms with Crippen molar-refractivity contribution in [3.05, 3.63) is 41.3 Å². The molecule has 0 atom stereocenters. The highest BCUT2D eigenvalue weighted by Crippen LogP contribution is 2.36. The van der Waals surface area contributed by atoms with Gasteiger partial charge in [-0.2, -0.15) is 0 Å². The summed E-state index contributed by atoms with van der Waals surface area (Å²) in [6.07, 6.45) is 0.628. The van der Waals surface area contributed by atoms with Gasteiger partial charge in [0.05, 0.1) is 15.9 Å². The van der Waals surface area contributed by atoms with Crippen LogP contribution in [0.2, 0.25) is 0 Å². The molecular formula is C17H15N3O4S. The number of ether oxygens (including phenoxy) is 2. The molecular weight excluding hydrogens is 342 g/mol. The molecule has 1 heterocycles. The summed E-state index contributed by atoms with van der Waals surface area (Å²) in [7, 11) is 3.13. The van der Waals surface area contributed by atoms with Gasteiger partial charge in [0, 0.05) is 19.7 Å². The lowest BCUT2D eigenvalue weighted by Crippen LogP contribution is -2.13. The topological polar surface area (TPSA) is 81.1 Å². The third kappa shape index (κ3) is 3.49. The van der Waals surface area contributed by atoms with E-state index in [4.69, 9.17) is 9.47 Å². The van der Waals surface area contributed by atoms with E-state index >= 15 is 0 Å². The molecule has 0 N–H and O–H groups in total. The predicted octanol–water partition coefficient (Wildman–Crippen LogP) is 3.94. The van der Waals surface area contributed by atoms with Crippen LogP contribution in [0.4, 0.5) is 11.4 Å². The van der Waals surface area contributed by atoms with Crippen molar-refractivity contribution in [1.29, 1.82) is 0 Å². The molecule has 0 unspecified atom stereocenters. The number of nitrogens with zero attached hydrogens (tertiary/aromatic N) is 3. The van der Waals surface area contributed by atoms with E-state index in [1.165, 1.54) is 16.2 Å². The molecule has 8 heteroatoms. The first-order valence-electron chi connectivity index (χ1n) is 7.34. The quantitative estimate of drug-likeness (QED) is 0.363. The number of fused-ring (bicyclic) bond motifs is 1. The van der Waals surface area contributed by atoms with E-state index in [0.29, 0.717) is 17.8 Å². The fourth-order valence-electron chi connectivity index (χ4n) is 2.33. The summed E-state index contributed by atoms with van der Waals surface area (Å²) in [5, 5.41) is 3.77. The summed E-state index contributed by atoms with van der Waals surface area (Å²) >= 11 is 1.48. The Hall–Kier alpha value is -2.84. The summed E-state index contributed by atoms with van der Waals surface area (Å²) in [5.74, 6) is 0.697. The standard InChI is InChI=1S/C17H15N3O4S/c1-20(9-21)15-6-3-11(7-14(15)19-22)17-18-13-5-4-12(24-10-23-2)8-16(13)25-17/h3-9H,10H2,1-2H3. The number of amides is 1. The summed E-state index contributed by atoms with van der Waals surface area (Å²) in [4.78, 5) is 27.9. The number of hydrogen-bond acceptors (Lipinski definition) is 7. The lowest BCUT2D eigenvalue weighted by molar-refractivity contribution is -0.107. The number of thiazole rings is 1. The normalized spacial score (nSPS) is 10.6. The highest BCUT2D eigenvalue weighted by molar-refractivity contribution is 7.21. The van der Waals surface area contributed by atoms with Crippen LogP contribution in [0.1, 0.15) is 0 Å². The molecule has 0 bridgehead atoms. The summed E-state index contributed by atoms with van der Waals surface area (Å²) in [6, 6.07) is 10.7. The molecule has 2 aromatic carbocycles. The Kier molecular flexibility index (Phi) is 5.01. The van der Waals surface area contributed by atoms with Crippen molar-refractivity contribution in [1.82, 2.24) is 4.98 Å². The van der Waals surface area contributed by atoms with Crippen LogP contribution in [0.25, 0.3) is 20.8 Å². The molecule has 25 heavy (non-hydrogen) atoms. The SMILES string of the molecule is COCOc1ccc2nc(-c3ccc(N(C)C=O)c(N=O)c3)sc2c1. The maximum absolute atomic E-state index is 11.1. The molecule has 0 radical (unpaired) electrons. The molecule has 1 amide bonds. The van der Waals surface area contributed by atoms with Gasteiger partial charge in [0.2, 0.25) is 6.41 Å². The van der Waals surface area contributed by atoms with Gasteiger partial charge in [-0.1, -0.05) is 0 Å². The fourth-order valence-corrected chi connectivity index (χ4v) is 3.32. The number of nitroso groups, excluding NO2 is 1. The Balaban J connectivity index is 1.98. The smallest absolute Gasteiger partial charge is 0.213 e. The minimum absolute atomic E-state index is 0.178. The zero-order valence-electron chi connectivity index (χ0n) is 13.6. The van der Waals surface area contributed by atoms with E-state index < -0.39 is 0 Å². The van der Waals surface area contributed by atoms with E-state index in [1.54, 1.807) is 26.3 Å². The molecule has 0 spiro atoms. The maximum Gasteiger partial charge on any atom is 0.213 e. The average molecular weight is 357 g/mol. The van der Waals surface area contributed by atoms with Gasteiger partial charge >= 0.3 is 0 Å². The zero-order valence-corrected chi connectivity index (χ0v) is 14.4. The first-order chi connectivity index (χ1) is 12.2. The second kappa shape index (κ2) is 7.37. The number of rotatable bonds is 7. The number of benzene rings is 2. The lowest BCUT2D eigenvalue weighted by atomic mass is 10.1. The third-order valence-corrected chi connectivity index (χ3v) is 4.63. The number of carbonyl (C=O) groups is 1. The van der Waals surface area contributed by atoms with E-state index in [0.717, 1.165) is 20.8 Å². The third-order valence-electron chi connectivity index (χ3n) is 3.56. The molecule has 7 nitrogen and oxygen atoms in total. The first-order valence-corrected chi connectivity index (χ1v) is 8.16. The van der Waals surface area contributed by atoms with Crippen molar-refractivity contribution in [2.24, 2.45) is 5.18 Å². The van der Waals surface area contributed by atoms with Crippen molar-refractivity contribution in [2.75, 3.05) is 25.9 Å². The first kappa shape index (κ1) is 17.0. The highest BCUT2D eigenvalue weighted by Gasteiger charge is 2.13. The van der Waals surface area contributed by atoms with E-state index in [-0.39, 0.29) is 12.5 Å². The van der Waals surface area contributed by atoms with Gasteiger partial charge < -0.3 is 14.4 Å². The second-order valence-electron chi connectivity index (χ2n) is 5.21. The molecule has 0 saturated carbocycles. The van der Waals surface area contributed by atoms with Gasteiger partial charge in [-0.3, -0.25) is 4.79 Å². The monoisotopic (exact) mass is 357 g/mol. The summed E-state index contributed by atoms with van der Waals surface area (Å²) in [5.41, 5.74) is 2.23. The van der Waals surface area contributed by atoms with Crippen LogP contribution in [0, 0.1) is 4.91 Å². The van der Waals surface area contributed by atoms with Crippen molar-refractivity contribution in [2.45, 2.75) is 0 Å². The molecule has 0 fully saturated rings. The van der Waals surface area contributed by atoms with Gasteiger partial charge in [-0.15, -0.1) is 16.2 Å². The molecule has 0 aliphatic rings. The molecule has 3 rings (SSSR count). The van der Waals surface area contributed by atoms with Gasteiger partial charge in [-0.05, 0) is 41.6 Å². The fraction of sp³-hybridized carbons (Fsp3) is 0.176. The summed E-state index contributed by atoms with van der Waals surface area (Å²) < 4.78 is 11.3. The number of hydrogen-bond donors (Lipinski definition) is 0. The molecule has 3 aromatic rings. The van der Waals surface area contributed by atoms with Gasteiger partial charge in [0.15, 0.2) is 6.79 Å². The van der Waals surface area contributed by atoms with Crippen LogP contribution in [0.3, 0.4) is 0 Å².